The topological polar surface area (TPSA) is 57.7 Å². The molecule has 118 valence electrons. The molecule has 1 unspecified atom stereocenters. The van der Waals surface area contributed by atoms with E-state index in [2.05, 4.69) is 0 Å². The van der Waals surface area contributed by atoms with Crippen molar-refractivity contribution in [3.8, 4) is 0 Å². The first-order chi connectivity index (χ1) is 10.4. The van der Waals surface area contributed by atoms with E-state index < -0.39 is 0 Å². The van der Waals surface area contributed by atoms with E-state index in [4.69, 9.17) is 11.6 Å². The second-order valence-corrected chi connectivity index (χ2v) is 5.86. The van der Waals surface area contributed by atoms with Gasteiger partial charge in [0.2, 0.25) is 17.7 Å². The molecule has 0 N–H and O–H groups in total. The molecule has 1 aromatic rings. The summed E-state index contributed by atoms with van der Waals surface area (Å²) >= 11 is 5.97. The number of carbonyl (C=O) groups excluding carboxylic acids is 3. The Labute approximate surface area is 134 Å². The highest BCUT2D eigenvalue weighted by molar-refractivity contribution is 6.30. The standard InChI is InChI=1S/C16H19ClN2O3/c1-11(12-4-3-5-13(17)10-12)18(2)14(20)8-9-19-15(21)6-7-16(19)22/h3-5,10-11H,6-9H2,1-2H3. The van der Waals surface area contributed by atoms with Gasteiger partial charge in [-0.1, -0.05) is 23.7 Å². The van der Waals surface area contributed by atoms with Gasteiger partial charge in [-0.2, -0.15) is 0 Å². The second kappa shape index (κ2) is 6.92. The largest absolute Gasteiger partial charge is 0.339 e. The third-order valence-electron chi connectivity index (χ3n) is 4.01. The lowest BCUT2D eigenvalue weighted by atomic mass is 10.1. The van der Waals surface area contributed by atoms with E-state index >= 15 is 0 Å². The highest BCUT2D eigenvalue weighted by Crippen LogP contribution is 2.22. The van der Waals surface area contributed by atoms with Crippen LogP contribution in [0.3, 0.4) is 0 Å². The van der Waals surface area contributed by atoms with Crippen LogP contribution in [0.5, 0.6) is 0 Å². The molecule has 5 nitrogen and oxygen atoms in total. The van der Waals surface area contributed by atoms with Gasteiger partial charge in [0.1, 0.15) is 0 Å². The van der Waals surface area contributed by atoms with Gasteiger partial charge >= 0.3 is 0 Å². The van der Waals surface area contributed by atoms with Gasteiger partial charge in [-0.15, -0.1) is 0 Å². The number of imide groups is 1. The molecular weight excluding hydrogens is 304 g/mol. The predicted octanol–water partition coefficient (Wildman–Crippen LogP) is 2.40. The molecule has 0 bridgehead atoms. The minimum atomic E-state index is -0.191. The van der Waals surface area contributed by atoms with Crippen LogP contribution in [-0.2, 0) is 14.4 Å². The van der Waals surface area contributed by atoms with Crippen molar-refractivity contribution in [3.05, 3.63) is 34.9 Å². The molecule has 1 aromatic carbocycles. The minimum Gasteiger partial charge on any atom is -0.339 e. The molecule has 0 aliphatic carbocycles. The van der Waals surface area contributed by atoms with Gasteiger partial charge in [-0.25, -0.2) is 0 Å². The fourth-order valence-electron chi connectivity index (χ4n) is 2.46. The maximum absolute atomic E-state index is 12.3. The highest BCUT2D eigenvalue weighted by Gasteiger charge is 2.29. The summed E-state index contributed by atoms with van der Waals surface area (Å²) in [6, 6.07) is 7.23. The van der Waals surface area contributed by atoms with Gasteiger partial charge in [0.05, 0.1) is 6.04 Å². The van der Waals surface area contributed by atoms with Crippen molar-refractivity contribution in [1.29, 1.82) is 0 Å². The quantitative estimate of drug-likeness (QED) is 0.782. The predicted molar refractivity (Wildman–Crippen MR) is 83.2 cm³/mol. The first-order valence-electron chi connectivity index (χ1n) is 7.24. The first-order valence-corrected chi connectivity index (χ1v) is 7.62. The summed E-state index contributed by atoms with van der Waals surface area (Å²) in [5, 5.41) is 0.624. The summed E-state index contributed by atoms with van der Waals surface area (Å²) in [6.07, 6.45) is 0.641. The number of amides is 3. The van der Waals surface area contributed by atoms with Gasteiger partial charge in [0.15, 0.2) is 0 Å². The van der Waals surface area contributed by atoms with Gasteiger partial charge in [-0.05, 0) is 24.6 Å². The average molecular weight is 323 g/mol. The summed E-state index contributed by atoms with van der Waals surface area (Å²) in [6.45, 7) is 2.07. The van der Waals surface area contributed by atoms with E-state index in [1.54, 1.807) is 18.0 Å². The number of rotatable bonds is 5. The second-order valence-electron chi connectivity index (χ2n) is 5.42. The molecule has 1 atom stereocenters. The molecule has 0 aromatic heterocycles. The lowest BCUT2D eigenvalue weighted by molar-refractivity contribution is -0.139. The van der Waals surface area contributed by atoms with E-state index in [0.717, 1.165) is 5.56 Å². The number of benzene rings is 1. The Hall–Kier alpha value is -1.88. The fraction of sp³-hybridized carbons (Fsp3) is 0.438. The number of likely N-dealkylation sites (tertiary alicyclic amines) is 1. The van der Waals surface area contributed by atoms with Crippen molar-refractivity contribution in [1.82, 2.24) is 9.80 Å². The van der Waals surface area contributed by atoms with Crippen molar-refractivity contribution in [2.75, 3.05) is 13.6 Å². The zero-order chi connectivity index (χ0) is 16.3. The Balaban J connectivity index is 1.94. The summed E-state index contributed by atoms with van der Waals surface area (Å²) in [7, 11) is 1.71. The number of halogens is 1. The molecule has 1 aliphatic heterocycles. The van der Waals surface area contributed by atoms with Crippen LogP contribution in [0.25, 0.3) is 0 Å². The summed E-state index contributed by atoms with van der Waals surface area (Å²) in [5.41, 5.74) is 0.941. The van der Waals surface area contributed by atoms with Crippen molar-refractivity contribution >= 4 is 29.3 Å². The van der Waals surface area contributed by atoms with E-state index in [9.17, 15) is 14.4 Å². The fourth-order valence-corrected chi connectivity index (χ4v) is 2.66. The molecule has 0 saturated carbocycles. The normalized spacial score (nSPS) is 16.0. The van der Waals surface area contributed by atoms with E-state index in [1.807, 2.05) is 25.1 Å². The molecule has 22 heavy (non-hydrogen) atoms. The van der Waals surface area contributed by atoms with Crippen LogP contribution in [-0.4, -0.2) is 41.1 Å². The zero-order valence-electron chi connectivity index (χ0n) is 12.7. The summed E-state index contributed by atoms with van der Waals surface area (Å²) in [4.78, 5) is 38.1. The monoisotopic (exact) mass is 322 g/mol. The van der Waals surface area contributed by atoms with Crippen LogP contribution in [0.4, 0.5) is 0 Å². The van der Waals surface area contributed by atoms with E-state index in [1.165, 1.54) is 4.90 Å². The van der Waals surface area contributed by atoms with Crippen molar-refractivity contribution in [3.63, 3.8) is 0 Å². The molecule has 6 heteroatoms. The third-order valence-corrected chi connectivity index (χ3v) is 4.24. The number of carbonyl (C=O) groups is 3. The Bertz CT molecular complexity index is 587. The van der Waals surface area contributed by atoms with Crippen LogP contribution in [0.2, 0.25) is 5.02 Å². The molecule has 0 radical (unpaired) electrons. The van der Waals surface area contributed by atoms with Crippen LogP contribution >= 0.6 is 11.6 Å². The number of hydrogen-bond donors (Lipinski definition) is 0. The van der Waals surface area contributed by atoms with Gasteiger partial charge in [0, 0.05) is 37.9 Å². The van der Waals surface area contributed by atoms with Crippen molar-refractivity contribution < 1.29 is 14.4 Å². The van der Waals surface area contributed by atoms with E-state index in [-0.39, 0.29) is 49.6 Å². The highest BCUT2D eigenvalue weighted by atomic mass is 35.5. The van der Waals surface area contributed by atoms with Gasteiger partial charge in [-0.3, -0.25) is 19.3 Å². The molecular formula is C16H19ClN2O3. The first kappa shape index (κ1) is 16.5. The molecule has 1 heterocycles. The maximum atomic E-state index is 12.3. The summed E-state index contributed by atoms with van der Waals surface area (Å²) < 4.78 is 0. The Kier molecular flexibility index (Phi) is 5.19. The molecule has 1 fully saturated rings. The third kappa shape index (κ3) is 3.65. The molecule has 0 spiro atoms. The molecule has 1 aliphatic rings. The maximum Gasteiger partial charge on any atom is 0.229 e. The zero-order valence-corrected chi connectivity index (χ0v) is 13.5. The van der Waals surface area contributed by atoms with Crippen LogP contribution in [0, 0.1) is 0 Å². The minimum absolute atomic E-state index is 0.111. The Morgan fingerprint density at radius 3 is 2.55 bits per heavy atom. The van der Waals surface area contributed by atoms with Crippen LogP contribution in [0.15, 0.2) is 24.3 Å². The average Bonchev–Trinajstić information content (AvgIpc) is 2.82. The number of nitrogens with zero attached hydrogens (tertiary/aromatic N) is 2. The SMILES string of the molecule is CC(c1cccc(Cl)c1)N(C)C(=O)CCN1C(=O)CCC1=O. The lowest BCUT2D eigenvalue weighted by Crippen LogP contribution is -2.35. The smallest absolute Gasteiger partial charge is 0.229 e. The number of hydrogen-bond acceptors (Lipinski definition) is 3. The molecule has 3 amide bonds. The Morgan fingerprint density at radius 1 is 1.32 bits per heavy atom. The summed E-state index contributed by atoms with van der Waals surface area (Å²) in [5.74, 6) is -0.494. The van der Waals surface area contributed by atoms with Crippen molar-refractivity contribution in [2.45, 2.75) is 32.2 Å². The molecule has 2 rings (SSSR count). The van der Waals surface area contributed by atoms with Crippen LogP contribution < -0.4 is 0 Å². The van der Waals surface area contributed by atoms with Gasteiger partial charge < -0.3 is 4.90 Å². The van der Waals surface area contributed by atoms with Crippen molar-refractivity contribution in [2.24, 2.45) is 0 Å². The van der Waals surface area contributed by atoms with Crippen LogP contribution in [0.1, 0.15) is 37.8 Å². The molecule has 1 saturated heterocycles. The lowest BCUT2D eigenvalue weighted by Gasteiger charge is -2.26. The Morgan fingerprint density at radius 2 is 1.95 bits per heavy atom. The van der Waals surface area contributed by atoms with E-state index in [0.29, 0.717) is 5.02 Å². The van der Waals surface area contributed by atoms with Gasteiger partial charge in [0.25, 0.3) is 0 Å².